The Morgan fingerprint density at radius 2 is 1.81 bits per heavy atom. The van der Waals surface area contributed by atoms with Crippen LogP contribution in [0.5, 0.6) is 5.75 Å². The first-order valence-corrected chi connectivity index (χ1v) is 7.80. The lowest BCUT2D eigenvalue weighted by Gasteiger charge is -2.11. The molecule has 0 aliphatic heterocycles. The Bertz CT molecular complexity index is 877. The zero-order valence-electron chi connectivity index (χ0n) is 14.5. The second-order valence-corrected chi connectivity index (χ2v) is 5.70. The molecule has 0 aliphatic carbocycles. The van der Waals surface area contributed by atoms with Crippen LogP contribution in [0.15, 0.2) is 54.1 Å². The molecule has 2 rings (SSSR count). The fourth-order valence-corrected chi connectivity index (χ4v) is 2.17. The van der Waals surface area contributed by atoms with E-state index in [9.17, 15) is 14.9 Å². The number of amides is 1. The van der Waals surface area contributed by atoms with E-state index in [4.69, 9.17) is 9.84 Å². The van der Waals surface area contributed by atoms with Gasteiger partial charge in [-0.1, -0.05) is 30.3 Å². The molecule has 0 radical (unpaired) electrons. The van der Waals surface area contributed by atoms with Crippen LogP contribution in [0.2, 0.25) is 0 Å². The third-order valence-electron chi connectivity index (χ3n) is 3.57. The maximum Gasteiger partial charge on any atom is 0.335 e. The Kier molecular flexibility index (Phi) is 6.12. The second-order valence-electron chi connectivity index (χ2n) is 5.70. The highest BCUT2D eigenvalue weighted by Gasteiger charge is 2.12. The van der Waals surface area contributed by atoms with Crippen LogP contribution in [0.4, 0.5) is 0 Å². The summed E-state index contributed by atoms with van der Waals surface area (Å²) in [5, 5.41) is 18.1. The number of nitrogens with zero attached hydrogens (tertiary/aromatic N) is 2. The summed E-state index contributed by atoms with van der Waals surface area (Å²) in [6.07, 6.45) is 1.49. The largest absolute Gasteiger partial charge is 0.488 e. The van der Waals surface area contributed by atoms with Crippen molar-refractivity contribution in [3.8, 4) is 11.8 Å². The Morgan fingerprint density at radius 3 is 2.38 bits per heavy atom. The van der Waals surface area contributed by atoms with E-state index in [-0.39, 0.29) is 23.7 Å². The van der Waals surface area contributed by atoms with Gasteiger partial charge in [0.1, 0.15) is 24.0 Å². The van der Waals surface area contributed by atoms with Gasteiger partial charge in [-0.05, 0) is 29.8 Å². The SMILES string of the molecule is CN(C)C(=O)/C(C#N)=C\c1ccccc1OCc1ccc(C(=O)O)cc1. The number of likely N-dealkylation sites (N-methyl/N-ethyl adjacent to an activating group) is 1. The zero-order valence-corrected chi connectivity index (χ0v) is 14.5. The average Bonchev–Trinajstić information content (AvgIpc) is 2.64. The van der Waals surface area contributed by atoms with E-state index >= 15 is 0 Å². The lowest BCUT2D eigenvalue weighted by molar-refractivity contribution is -0.124. The maximum atomic E-state index is 12.0. The summed E-state index contributed by atoms with van der Waals surface area (Å²) in [5.41, 5.74) is 1.63. The Labute approximate surface area is 151 Å². The van der Waals surface area contributed by atoms with E-state index in [1.54, 1.807) is 50.5 Å². The summed E-state index contributed by atoms with van der Waals surface area (Å²) in [5.74, 6) is -0.844. The molecule has 0 saturated carbocycles. The van der Waals surface area contributed by atoms with Crippen LogP contribution < -0.4 is 4.74 Å². The second kappa shape index (κ2) is 8.49. The standard InChI is InChI=1S/C20H18N2O4/c1-22(2)19(23)17(12-21)11-16-5-3-4-6-18(16)26-13-14-7-9-15(10-8-14)20(24)25/h3-11H,13H2,1-2H3,(H,24,25)/b17-11-. The quantitative estimate of drug-likeness (QED) is 0.639. The highest BCUT2D eigenvalue weighted by molar-refractivity contribution is 6.01. The van der Waals surface area contributed by atoms with Crippen molar-refractivity contribution in [2.24, 2.45) is 0 Å². The van der Waals surface area contributed by atoms with Crippen molar-refractivity contribution in [3.05, 3.63) is 70.8 Å². The first kappa shape index (κ1) is 18.7. The molecule has 0 atom stereocenters. The molecule has 0 saturated heterocycles. The van der Waals surface area contributed by atoms with Crippen molar-refractivity contribution < 1.29 is 19.4 Å². The minimum atomic E-state index is -0.984. The zero-order chi connectivity index (χ0) is 19.1. The number of nitriles is 1. The highest BCUT2D eigenvalue weighted by Crippen LogP contribution is 2.22. The van der Waals surface area contributed by atoms with Crippen LogP contribution in [0.3, 0.4) is 0 Å². The van der Waals surface area contributed by atoms with Gasteiger partial charge in [0.15, 0.2) is 0 Å². The molecule has 2 aromatic rings. The Morgan fingerprint density at radius 1 is 1.15 bits per heavy atom. The molecule has 0 heterocycles. The number of ether oxygens (including phenoxy) is 1. The topological polar surface area (TPSA) is 90.6 Å². The van der Waals surface area contributed by atoms with Gasteiger partial charge in [0.25, 0.3) is 5.91 Å². The third kappa shape index (κ3) is 4.71. The van der Waals surface area contributed by atoms with Crippen molar-refractivity contribution in [2.45, 2.75) is 6.61 Å². The minimum absolute atomic E-state index is 0.0110. The number of carbonyl (C=O) groups excluding carboxylic acids is 1. The molecular formula is C20H18N2O4. The van der Waals surface area contributed by atoms with Gasteiger partial charge in [-0.3, -0.25) is 4.79 Å². The molecule has 132 valence electrons. The van der Waals surface area contributed by atoms with E-state index in [2.05, 4.69) is 0 Å². The molecule has 0 aromatic heterocycles. The van der Waals surface area contributed by atoms with E-state index in [0.29, 0.717) is 11.3 Å². The van der Waals surface area contributed by atoms with Crippen molar-refractivity contribution >= 4 is 18.0 Å². The van der Waals surface area contributed by atoms with Gasteiger partial charge in [0.05, 0.1) is 5.56 Å². The molecular weight excluding hydrogens is 332 g/mol. The van der Waals surface area contributed by atoms with Gasteiger partial charge in [0, 0.05) is 19.7 Å². The Balaban J connectivity index is 2.20. The molecule has 0 spiro atoms. The van der Waals surface area contributed by atoms with Crippen molar-refractivity contribution in [2.75, 3.05) is 14.1 Å². The first-order valence-electron chi connectivity index (χ1n) is 7.80. The van der Waals surface area contributed by atoms with E-state index in [1.165, 1.54) is 23.1 Å². The lowest BCUT2D eigenvalue weighted by atomic mass is 10.1. The number of aromatic carboxylic acids is 1. The van der Waals surface area contributed by atoms with Crippen LogP contribution in [0, 0.1) is 11.3 Å². The van der Waals surface area contributed by atoms with Crippen LogP contribution in [-0.4, -0.2) is 36.0 Å². The summed E-state index contributed by atoms with van der Waals surface area (Å²) in [6.45, 7) is 0.230. The number of benzene rings is 2. The maximum absolute atomic E-state index is 12.0. The number of carboxylic acid groups (broad SMARTS) is 1. The van der Waals surface area contributed by atoms with Crippen LogP contribution >= 0.6 is 0 Å². The molecule has 2 aromatic carbocycles. The predicted molar refractivity (Wildman–Crippen MR) is 96.5 cm³/mol. The third-order valence-corrected chi connectivity index (χ3v) is 3.57. The van der Waals surface area contributed by atoms with Crippen molar-refractivity contribution in [1.29, 1.82) is 5.26 Å². The highest BCUT2D eigenvalue weighted by atomic mass is 16.5. The minimum Gasteiger partial charge on any atom is -0.488 e. The first-order chi connectivity index (χ1) is 12.4. The number of hydrogen-bond donors (Lipinski definition) is 1. The number of carbonyl (C=O) groups is 2. The van der Waals surface area contributed by atoms with E-state index < -0.39 is 5.97 Å². The van der Waals surface area contributed by atoms with E-state index in [1.807, 2.05) is 6.07 Å². The lowest BCUT2D eigenvalue weighted by Crippen LogP contribution is -2.22. The number of rotatable bonds is 6. The smallest absolute Gasteiger partial charge is 0.335 e. The number of hydrogen-bond acceptors (Lipinski definition) is 4. The van der Waals surface area contributed by atoms with Crippen LogP contribution in [-0.2, 0) is 11.4 Å². The fourth-order valence-electron chi connectivity index (χ4n) is 2.17. The summed E-state index contributed by atoms with van der Waals surface area (Å²) < 4.78 is 5.78. The molecule has 26 heavy (non-hydrogen) atoms. The van der Waals surface area contributed by atoms with Crippen molar-refractivity contribution in [1.82, 2.24) is 4.90 Å². The number of carboxylic acids is 1. The molecule has 0 aliphatic rings. The molecule has 0 bridgehead atoms. The summed E-state index contributed by atoms with van der Waals surface area (Å²) in [7, 11) is 3.16. The molecule has 6 nitrogen and oxygen atoms in total. The van der Waals surface area contributed by atoms with Gasteiger partial charge in [-0.25, -0.2) is 4.79 Å². The van der Waals surface area contributed by atoms with Crippen LogP contribution in [0.1, 0.15) is 21.5 Å². The van der Waals surface area contributed by atoms with Gasteiger partial charge < -0.3 is 14.7 Å². The van der Waals surface area contributed by atoms with Gasteiger partial charge >= 0.3 is 5.97 Å². The monoisotopic (exact) mass is 350 g/mol. The summed E-state index contributed by atoms with van der Waals surface area (Å²) in [4.78, 5) is 24.2. The Hall–Kier alpha value is -3.59. The van der Waals surface area contributed by atoms with E-state index in [0.717, 1.165) is 5.56 Å². The van der Waals surface area contributed by atoms with Gasteiger partial charge in [-0.2, -0.15) is 5.26 Å². The van der Waals surface area contributed by atoms with Crippen molar-refractivity contribution in [3.63, 3.8) is 0 Å². The van der Waals surface area contributed by atoms with Gasteiger partial charge in [0.2, 0.25) is 0 Å². The number of para-hydroxylation sites is 1. The summed E-state index contributed by atoms with van der Waals surface area (Å²) >= 11 is 0. The van der Waals surface area contributed by atoms with Crippen LogP contribution in [0.25, 0.3) is 6.08 Å². The fraction of sp³-hybridized carbons (Fsp3) is 0.150. The van der Waals surface area contributed by atoms with Gasteiger partial charge in [-0.15, -0.1) is 0 Å². The molecule has 0 fully saturated rings. The summed E-state index contributed by atoms with van der Waals surface area (Å²) in [6, 6.07) is 15.4. The average molecular weight is 350 g/mol. The molecule has 1 amide bonds. The molecule has 1 N–H and O–H groups in total. The molecule has 0 unspecified atom stereocenters. The molecule has 6 heteroatoms. The normalized spacial score (nSPS) is 10.7. The predicted octanol–water partition coefficient (Wildman–Crippen LogP) is 2.96.